The summed E-state index contributed by atoms with van der Waals surface area (Å²) >= 11 is 0. The van der Waals surface area contributed by atoms with Crippen LogP contribution in [0.15, 0.2) is 79.1 Å². The number of carbonyl (C=O) groups excluding carboxylic acids is 1. The molecule has 5 rings (SSSR count). The number of hydrogen-bond donors (Lipinski definition) is 2. The van der Waals surface area contributed by atoms with E-state index in [4.69, 9.17) is 4.74 Å². The number of benzene rings is 1. The van der Waals surface area contributed by atoms with Crippen LogP contribution in [-0.4, -0.2) is 33.0 Å². The van der Waals surface area contributed by atoms with E-state index < -0.39 is 0 Å². The number of aromatic amines is 1. The Balaban J connectivity index is 1.51. The van der Waals surface area contributed by atoms with Crippen molar-refractivity contribution in [1.29, 1.82) is 0 Å². The topological polar surface area (TPSA) is 92.8 Å². The third-order valence-electron chi connectivity index (χ3n) is 5.34. The fourth-order valence-corrected chi connectivity index (χ4v) is 3.77. The molecule has 0 saturated carbocycles. The maximum Gasteiger partial charge on any atom is 0.229 e. The van der Waals surface area contributed by atoms with Gasteiger partial charge in [-0.1, -0.05) is 18.2 Å². The number of rotatable bonds is 6. The molecule has 2 N–H and O–H groups in total. The summed E-state index contributed by atoms with van der Waals surface area (Å²) in [6.45, 7) is 0. The maximum atomic E-state index is 13.1. The van der Waals surface area contributed by atoms with Crippen LogP contribution in [0, 0.1) is 5.82 Å². The maximum absolute atomic E-state index is 13.1. The van der Waals surface area contributed by atoms with Gasteiger partial charge in [-0.15, -0.1) is 0 Å². The first-order valence-corrected chi connectivity index (χ1v) is 10.6. The first kappa shape index (κ1) is 21.3. The number of halogens is 1. The number of amides is 1. The number of nitrogens with zero attached hydrogens (tertiary/aromatic N) is 3. The van der Waals surface area contributed by atoms with E-state index in [1.165, 1.54) is 12.1 Å². The smallest absolute Gasteiger partial charge is 0.229 e. The third kappa shape index (κ3) is 4.33. The van der Waals surface area contributed by atoms with E-state index in [-0.39, 0.29) is 18.1 Å². The van der Waals surface area contributed by atoms with Crippen LogP contribution in [0.5, 0.6) is 5.88 Å². The van der Waals surface area contributed by atoms with Crippen LogP contribution >= 0.6 is 0 Å². The molecule has 168 valence electrons. The first-order chi connectivity index (χ1) is 16.6. The number of ether oxygens (including phenoxy) is 1. The van der Waals surface area contributed by atoms with Gasteiger partial charge in [-0.3, -0.25) is 9.78 Å². The minimum Gasteiger partial charge on any atom is -0.481 e. The molecule has 0 radical (unpaired) electrons. The van der Waals surface area contributed by atoms with Gasteiger partial charge >= 0.3 is 0 Å². The van der Waals surface area contributed by atoms with Crippen molar-refractivity contribution >= 4 is 22.8 Å². The molecule has 8 heteroatoms. The number of anilines is 1. The van der Waals surface area contributed by atoms with Crippen LogP contribution < -0.4 is 10.1 Å². The molecule has 4 aromatic heterocycles. The monoisotopic (exact) mass is 453 g/mol. The molecule has 0 saturated heterocycles. The summed E-state index contributed by atoms with van der Waals surface area (Å²) in [5, 5.41) is 2.82. The van der Waals surface area contributed by atoms with E-state index in [9.17, 15) is 9.18 Å². The molecule has 0 unspecified atom stereocenters. The zero-order valence-electron chi connectivity index (χ0n) is 18.2. The minimum absolute atomic E-state index is 0.113. The number of aromatic nitrogens is 4. The highest BCUT2D eigenvalue weighted by atomic mass is 19.1. The molecule has 0 fully saturated rings. The largest absolute Gasteiger partial charge is 0.481 e. The predicted octanol–water partition coefficient (Wildman–Crippen LogP) is 5.02. The summed E-state index contributed by atoms with van der Waals surface area (Å²) in [6, 6.07) is 18.9. The third-order valence-corrected chi connectivity index (χ3v) is 5.34. The van der Waals surface area contributed by atoms with E-state index in [0.29, 0.717) is 17.3 Å². The molecule has 0 aliphatic heterocycles. The van der Waals surface area contributed by atoms with Crippen molar-refractivity contribution in [1.82, 2.24) is 19.9 Å². The van der Waals surface area contributed by atoms with Crippen molar-refractivity contribution in [2.24, 2.45) is 0 Å². The SMILES string of the molecule is COc1ccc2[nH]c(-c3ccnc(NC(=O)Cc4ccc(F)cc4)c3)c(-c3ccccn3)c2n1. The fraction of sp³-hybridized carbons (Fsp3) is 0.0769. The van der Waals surface area contributed by atoms with Crippen molar-refractivity contribution in [3.63, 3.8) is 0 Å². The van der Waals surface area contributed by atoms with E-state index in [1.807, 2.05) is 30.3 Å². The van der Waals surface area contributed by atoms with Crippen LogP contribution in [0.4, 0.5) is 10.2 Å². The van der Waals surface area contributed by atoms with Gasteiger partial charge in [0.25, 0.3) is 0 Å². The van der Waals surface area contributed by atoms with E-state index in [1.54, 1.807) is 43.8 Å². The van der Waals surface area contributed by atoms with E-state index in [2.05, 4.69) is 25.3 Å². The quantitative estimate of drug-likeness (QED) is 0.377. The average Bonchev–Trinajstić information content (AvgIpc) is 3.25. The molecule has 4 heterocycles. The van der Waals surface area contributed by atoms with Crippen LogP contribution in [0.25, 0.3) is 33.5 Å². The van der Waals surface area contributed by atoms with Gasteiger partial charge in [-0.25, -0.2) is 14.4 Å². The highest BCUT2D eigenvalue weighted by Crippen LogP contribution is 2.37. The number of H-pyrrole nitrogens is 1. The molecule has 7 nitrogen and oxygen atoms in total. The van der Waals surface area contributed by atoms with Crippen molar-refractivity contribution in [3.05, 3.63) is 90.5 Å². The molecule has 0 spiro atoms. The number of nitrogens with one attached hydrogen (secondary N) is 2. The molecule has 0 aliphatic carbocycles. The van der Waals surface area contributed by atoms with Gasteiger partial charge in [0.05, 0.1) is 36.0 Å². The molecule has 1 amide bonds. The molecule has 0 atom stereocenters. The van der Waals surface area contributed by atoms with Crippen molar-refractivity contribution in [2.45, 2.75) is 6.42 Å². The summed E-state index contributed by atoms with van der Waals surface area (Å²) in [7, 11) is 1.58. The number of pyridine rings is 3. The summed E-state index contributed by atoms with van der Waals surface area (Å²) in [5.74, 6) is 0.316. The van der Waals surface area contributed by atoms with Gasteiger partial charge in [0.15, 0.2) is 0 Å². The highest BCUT2D eigenvalue weighted by molar-refractivity contribution is 6.01. The molecular weight excluding hydrogens is 433 g/mol. The summed E-state index contributed by atoms with van der Waals surface area (Å²) in [4.78, 5) is 29.4. The molecule has 34 heavy (non-hydrogen) atoms. The Bertz CT molecular complexity index is 1470. The lowest BCUT2D eigenvalue weighted by Gasteiger charge is -2.08. The highest BCUT2D eigenvalue weighted by Gasteiger charge is 2.18. The van der Waals surface area contributed by atoms with Gasteiger partial charge in [-0.2, -0.15) is 0 Å². The normalized spacial score (nSPS) is 10.9. The zero-order chi connectivity index (χ0) is 23.5. The van der Waals surface area contributed by atoms with Gasteiger partial charge in [0.2, 0.25) is 11.8 Å². The first-order valence-electron chi connectivity index (χ1n) is 10.6. The van der Waals surface area contributed by atoms with Gasteiger partial charge in [0, 0.05) is 24.0 Å². The second-order valence-electron chi connectivity index (χ2n) is 7.62. The number of carbonyl (C=O) groups is 1. The van der Waals surface area contributed by atoms with Gasteiger partial charge in [0.1, 0.15) is 17.2 Å². The van der Waals surface area contributed by atoms with Crippen LogP contribution in [0.1, 0.15) is 5.56 Å². The predicted molar refractivity (Wildman–Crippen MR) is 128 cm³/mol. The molecule has 0 aliphatic rings. The Labute approximate surface area is 194 Å². The fourth-order valence-electron chi connectivity index (χ4n) is 3.77. The second-order valence-corrected chi connectivity index (χ2v) is 7.62. The van der Waals surface area contributed by atoms with Crippen LogP contribution in [0.2, 0.25) is 0 Å². The van der Waals surface area contributed by atoms with Gasteiger partial charge < -0.3 is 15.0 Å². The Kier molecular flexibility index (Phi) is 5.70. The number of hydrogen-bond acceptors (Lipinski definition) is 5. The lowest BCUT2D eigenvalue weighted by molar-refractivity contribution is -0.115. The van der Waals surface area contributed by atoms with Crippen molar-refractivity contribution in [3.8, 4) is 28.4 Å². The van der Waals surface area contributed by atoms with Crippen molar-refractivity contribution in [2.75, 3.05) is 12.4 Å². The standard InChI is InChI=1S/C26H20FN5O2/c1-34-23-10-9-20-26(32-23)24(19-4-2-3-12-28-19)25(30-20)17-11-13-29-21(15-17)31-22(33)14-16-5-7-18(27)8-6-16/h2-13,15,30H,14H2,1H3,(H,29,31,33). The minimum atomic E-state index is -0.340. The lowest BCUT2D eigenvalue weighted by atomic mass is 10.0. The number of methoxy groups -OCH3 is 1. The summed E-state index contributed by atoms with van der Waals surface area (Å²) in [6.07, 6.45) is 3.47. The van der Waals surface area contributed by atoms with Crippen LogP contribution in [0.3, 0.4) is 0 Å². The Hall–Kier alpha value is -4.59. The summed E-state index contributed by atoms with van der Waals surface area (Å²) in [5.41, 5.74) is 5.45. The molecule has 5 aromatic rings. The Morgan fingerprint density at radius 3 is 2.65 bits per heavy atom. The second kappa shape index (κ2) is 9.11. The van der Waals surface area contributed by atoms with Crippen molar-refractivity contribution < 1.29 is 13.9 Å². The van der Waals surface area contributed by atoms with Gasteiger partial charge in [-0.05, 0) is 48.0 Å². The van der Waals surface area contributed by atoms with Crippen LogP contribution in [-0.2, 0) is 11.2 Å². The zero-order valence-corrected chi connectivity index (χ0v) is 18.2. The summed E-state index contributed by atoms with van der Waals surface area (Å²) < 4.78 is 18.4. The lowest BCUT2D eigenvalue weighted by Crippen LogP contribution is -2.15. The molecular formula is C26H20FN5O2. The number of fused-ring (bicyclic) bond motifs is 1. The van der Waals surface area contributed by atoms with E-state index in [0.717, 1.165) is 33.5 Å². The Morgan fingerprint density at radius 1 is 1.03 bits per heavy atom. The average molecular weight is 453 g/mol. The Morgan fingerprint density at radius 2 is 1.88 bits per heavy atom. The molecule has 1 aromatic carbocycles. The van der Waals surface area contributed by atoms with E-state index >= 15 is 0 Å². The molecule has 0 bridgehead atoms.